The number of nitrogens with zero attached hydrogens (tertiary/aromatic N) is 5. The van der Waals surface area contributed by atoms with E-state index < -0.39 is 11.9 Å². The number of amides is 1. The number of aryl methyl sites for hydroxylation is 1. The van der Waals surface area contributed by atoms with Gasteiger partial charge in [0.1, 0.15) is 11.5 Å². The molecule has 0 aliphatic carbocycles. The minimum atomic E-state index is -4.48. The zero-order chi connectivity index (χ0) is 24.0. The lowest BCUT2D eigenvalue weighted by molar-refractivity contribution is -0.141. The van der Waals surface area contributed by atoms with Crippen molar-refractivity contribution in [2.45, 2.75) is 19.6 Å². The van der Waals surface area contributed by atoms with Gasteiger partial charge >= 0.3 is 6.18 Å². The number of anilines is 3. The molecule has 0 spiro atoms. The van der Waals surface area contributed by atoms with Gasteiger partial charge in [-0.2, -0.15) is 18.3 Å². The molecule has 1 amide bonds. The molecule has 4 aromatic rings. The van der Waals surface area contributed by atoms with Crippen LogP contribution in [-0.4, -0.2) is 39.2 Å². The lowest BCUT2D eigenvalue weighted by atomic mass is 10.1. The van der Waals surface area contributed by atoms with Crippen molar-refractivity contribution >= 4 is 34.0 Å². The molecule has 0 saturated carbocycles. The number of rotatable bonds is 4. The van der Waals surface area contributed by atoms with E-state index in [4.69, 9.17) is 0 Å². The predicted octanol–water partition coefficient (Wildman–Crippen LogP) is 4.14. The van der Waals surface area contributed by atoms with Crippen LogP contribution in [0.3, 0.4) is 0 Å². The maximum absolute atomic E-state index is 12.8. The molecule has 5 rings (SSSR count). The maximum Gasteiger partial charge on any atom is 0.433 e. The zero-order valence-corrected chi connectivity index (χ0v) is 18.3. The van der Waals surface area contributed by atoms with Gasteiger partial charge in [-0.05, 0) is 36.8 Å². The number of fused-ring (bicyclic) bond motifs is 2. The number of alkyl halides is 3. The van der Waals surface area contributed by atoms with Crippen LogP contribution in [0.5, 0.6) is 0 Å². The molecule has 0 unspecified atom stereocenters. The monoisotopic (exact) mass is 467 g/mol. The first-order chi connectivity index (χ1) is 16.2. The first-order valence-electron chi connectivity index (χ1n) is 10.5. The average molecular weight is 467 g/mol. The Morgan fingerprint density at radius 3 is 2.71 bits per heavy atom. The third kappa shape index (κ3) is 4.00. The predicted molar refractivity (Wildman–Crippen MR) is 122 cm³/mol. The van der Waals surface area contributed by atoms with Crippen LogP contribution >= 0.6 is 0 Å². The normalized spacial score (nSPS) is 13.7. The van der Waals surface area contributed by atoms with E-state index in [-0.39, 0.29) is 12.5 Å². The molecule has 2 N–H and O–H groups in total. The maximum atomic E-state index is 12.8. The highest BCUT2D eigenvalue weighted by Gasteiger charge is 2.32. The molecule has 3 aromatic heterocycles. The molecule has 0 atom stereocenters. The summed E-state index contributed by atoms with van der Waals surface area (Å²) in [5.74, 6) is 0.618. The highest BCUT2D eigenvalue weighted by atomic mass is 19.4. The quantitative estimate of drug-likeness (QED) is 0.469. The molecule has 34 heavy (non-hydrogen) atoms. The molecule has 174 valence electrons. The fourth-order valence-electron chi connectivity index (χ4n) is 3.95. The van der Waals surface area contributed by atoms with Gasteiger partial charge in [0.25, 0.3) is 0 Å². The number of pyridine rings is 2. The number of hydrogen-bond acceptors (Lipinski definition) is 6. The van der Waals surface area contributed by atoms with Gasteiger partial charge in [-0.25, -0.2) is 14.6 Å². The first kappa shape index (κ1) is 21.7. The summed E-state index contributed by atoms with van der Waals surface area (Å²) < 4.78 is 39.9. The Balaban J connectivity index is 1.35. The van der Waals surface area contributed by atoms with Gasteiger partial charge < -0.3 is 15.5 Å². The van der Waals surface area contributed by atoms with Crippen molar-refractivity contribution in [2.75, 3.05) is 29.1 Å². The molecule has 0 saturated heterocycles. The van der Waals surface area contributed by atoms with Gasteiger partial charge in [0, 0.05) is 25.0 Å². The summed E-state index contributed by atoms with van der Waals surface area (Å²) in [4.78, 5) is 21.7. The SMILES string of the molecule is Cc1nc(NCc2ccc3c(cnn3-c3ccc(C(F)(F)F)nc3)c2)cc2c1NC(=O)CN2C. The Bertz CT molecular complexity index is 1400. The minimum absolute atomic E-state index is 0.0680. The van der Waals surface area contributed by atoms with Crippen LogP contribution in [0.1, 0.15) is 17.0 Å². The molecule has 1 aliphatic heterocycles. The van der Waals surface area contributed by atoms with Crippen LogP contribution in [0.25, 0.3) is 16.6 Å². The molecule has 0 radical (unpaired) electrons. The summed E-state index contributed by atoms with van der Waals surface area (Å²) >= 11 is 0. The van der Waals surface area contributed by atoms with Gasteiger partial charge in [0.05, 0.1) is 47.2 Å². The third-order valence-corrected chi connectivity index (χ3v) is 5.62. The molecule has 11 heteroatoms. The average Bonchev–Trinajstić information content (AvgIpc) is 3.21. The highest BCUT2D eigenvalue weighted by Crippen LogP contribution is 2.33. The fourth-order valence-corrected chi connectivity index (χ4v) is 3.95. The van der Waals surface area contributed by atoms with E-state index in [9.17, 15) is 18.0 Å². The molecule has 1 aromatic carbocycles. The zero-order valence-electron chi connectivity index (χ0n) is 18.3. The van der Waals surface area contributed by atoms with E-state index in [0.29, 0.717) is 18.1 Å². The van der Waals surface area contributed by atoms with Crippen molar-refractivity contribution in [3.63, 3.8) is 0 Å². The van der Waals surface area contributed by atoms with E-state index in [0.717, 1.165) is 45.8 Å². The van der Waals surface area contributed by atoms with E-state index in [1.54, 1.807) is 10.9 Å². The number of carbonyl (C=O) groups excluding carboxylic acids is 1. The van der Waals surface area contributed by atoms with E-state index >= 15 is 0 Å². The van der Waals surface area contributed by atoms with Gasteiger partial charge in [0.2, 0.25) is 5.91 Å². The lowest BCUT2D eigenvalue weighted by Crippen LogP contribution is -2.36. The van der Waals surface area contributed by atoms with Gasteiger partial charge in [-0.1, -0.05) is 6.07 Å². The van der Waals surface area contributed by atoms with Crippen molar-refractivity contribution in [3.8, 4) is 5.69 Å². The van der Waals surface area contributed by atoms with Gasteiger partial charge in [-0.15, -0.1) is 0 Å². The van der Waals surface area contributed by atoms with Crippen molar-refractivity contribution in [1.29, 1.82) is 0 Å². The molecular weight excluding hydrogens is 447 g/mol. The number of carbonyl (C=O) groups is 1. The summed E-state index contributed by atoms with van der Waals surface area (Å²) in [7, 11) is 1.86. The van der Waals surface area contributed by atoms with Crippen molar-refractivity contribution in [2.24, 2.45) is 0 Å². The number of likely N-dealkylation sites (N-methyl/N-ethyl adjacent to an activating group) is 1. The first-order valence-corrected chi connectivity index (χ1v) is 10.5. The fraction of sp³-hybridized carbons (Fsp3) is 0.217. The Morgan fingerprint density at radius 2 is 1.97 bits per heavy atom. The molecule has 0 fully saturated rings. The Morgan fingerprint density at radius 1 is 1.15 bits per heavy atom. The number of hydrogen-bond donors (Lipinski definition) is 2. The standard InChI is InChI=1S/C23H20F3N7O/c1-13-22-18(32(2)12-21(34)31-22)8-20(30-13)28-9-14-3-5-17-15(7-14)10-29-33(17)16-4-6-19(27-11-16)23(24,25)26/h3-8,10-11H,9,12H2,1-2H3,(H,28,30)(H,31,34). The van der Waals surface area contributed by atoms with Crippen molar-refractivity contribution in [3.05, 3.63) is 65.7 Å². The lowest BCUT2D eigenvalue weighted by Gasteiger charge is -2.28. The van der Waals surface area contributed by atoms with Crippen LogP contribution in [-0.2, 0) is 17.5 Å². The number of nitrogens with one attached hydrogen (secondary N) is 2. The summed E-state index contributed by atoms with van der Waals surface area (Å²) in [5, 5.41) is 11.3. The number of halogens is 3. The van der Waals surface area contributed by atoms with E-state index in [2.05, 4.69) is 25.7 Å². The van der Waals surface area contributed by atoms with Gasteiger partial charge in [-0.3, -0.25) is 4.79 Å². The molecular formula is C23H20F3N7O. The second kappa shape index (κ2) is 8.01. The largest absolute Gasteiger partial charge is 0.433 e. The van der Waals surface area contributed by atoms with Crippen molar-refractivity contribution in [1.82, 2.24) is 19.7 Å². The highest BCUT2D eigenvalue weighted by molar-refractivity contribution is 6.02. The number of aromatic nitrogens is 4. The van der Waals surface area contributed by atoms with E-state index in [1.807, 2.05) is 43.1 Å². The summed E-state index contributed by atoms with van der Waals surface area (Å²) in [5.41, 5.74) is 3.58. The Kier molecular flexibility index (Phi) is 5.11. The summed E-state index contributed by atoms with van der Waals surface area (Å²) in [6, 6.07) is 9.93. The molecule has 4 heterocycles. The molecule has 8 nitrogen and oxygen atoms in total. The van der Waals surface area contributed by atoms with Crippen LogP contribution in [0.4, 0.5) is 30.4 Å². The Hall–Kier alpha value is -4.15. The number of benzene rings is 1. The Labute approximate surface area is 192 Å². The second-order valence-corrected chi connectivity index (χ2v) is 8.09. The van der Waals surface area contributed by atoms with Gasteiger partial charge in [0.15, 0.2) is 0 Å². The van der Waals surface area contributed by atoms with Crippen molar-refractivity contribution < 1.29 is 18.0 Å². The summed E-state index contributed by atoms with van der Waals surface area (Å²) in [6.45, 7) is 2.63. The third-order valence-electron chi connectivity index (χ3n) is 5.62. The van der Waals surface area contributed by atoms with Crippen LogP contribution < -0.4 is 15.5 Å². The van der Waals surface area contributed by atoms with Crippen LogP contribution in [0.15, 0.2) is 48.8 Å². The van der Waals surface area contributed by atoms with E-state index in [1.165, 1.54) is 6.07 Å². The minimum Gasteiger partial charge on any atom is -0.366 e. The van der Waals surface area contributed by atoms with Crippen LogP contribution in [0.2, 0.25) is 0 Å². The smallest absolute Gasteiger partial charge is 0.366 e. The second-order valence-electron chi connectivity index (χ2n) is 8.09. The topological polar surface area (TPSA) is 88.0 Å². The summed E-state index contributed by atoms with van der Waals surface area (Å²) in [6.07, 6.45) is -1.66. The molecule has 1 aliphatic rings. The van der Waals surface area contributed by atoms with Crippen LogP contribution in [0, 0.1) is 6.92 Å². The molecule has 0 bridgehead atoms.